The van der Waals surface area contributed by atoms with Crippen LogP contribution in [-0.2, 0) is 16.2 Å². The van der Waals surface area contributed by atoms with Crippen molar-refractivity contribution in [3.05, 3.63) is 76.9 Å². The number of likely N-dealkylation sites (tertiary alicyclic amines) is 1. The van der Waals surface area contributed by atoms with Crippen molar-refractivity contribution in [2.45, 2.75) is 45.1 Å². The van der Waals surface area contributed by atoms with Gasteiger partial charge in [-0.3, -0.25) is 4.79 Å². The number of rotatable bonds is 9. The quantitative estimate of drug-likeness (QED) is 0.351. The summed E-state index contributed by atoms with van der Waals surface area (Å²) in [7, 11) is 0. The van der Waals surface area contributed by atoms with E-state index in [1.807, 2.05) is 24.0 Å². The molecule has 5 rings (SSSR count). The lowest BCUT2D eigenvalue weighted by atomic mass is 9.88. The Morgan fingerprint density at radius 1 is 1.05 bits per heavy atom. The van der Waals surface area contributed by atoms with Gasteiger partial charge in [-0.15, -0.1) is 0 Å². The lowest BCUT2D eigenvalue weighted by Gasteiger charge is -2.32. The number of piperidine rings is 2. The predicted molar refractivity (Wildman–Crippen MR) is 156 cm³/mol. The van der Waals surface area contributed by atoms with E-state index < -0.39 is 17.6 Å². The molecule has 0 unspecified atom stereocenters. The lowest BCUT2D eigenvalue weighted by molar-refractivity contribution is -0.149. The summed E-state index contributed by atoms with van der Waals surface area (Å²) in [6, 6.07) is 13.7. The van der Waals surface area contributed by atoms with Gasteiger partial charge in [0, 0.05) is 31.3 Å². The number of hydrogen-bond donors (Lipinski definition) is 2. The molecule has 42 heavy (non-hydrogen) atoms. The molecule has 2 aliphatic heterocycles. The van der Waals surface area contributed by atoms with E-state index in [9.17, 15) is 14.3 Å². The maximum Gasteiger partial charge on any atom is 0.327 e. The van der Waals surface area contributed by atoms with Crippen molar-refractivity contribution in [3.8, 4) is 17.0 Å². The number of halogens is 2. The van der Waals surface area contributed by atoms with Gasteiger partial charge in [0.15, 0.2) is 11.6 Å². The molecule has 8 nitrogen and oxygen atoms in total. The van der Waals surface area contributed by atoms with E-state index in [0.717, 1.165) is 49.7 Å². The molecule has 0 radical (unpaired) electrons. The normalized spacial score (nSPS) is 16.9. The molecular formula is C32H38F2N4O4. The maximum absolute atomic E-state index is 15.1. The summed E-state index contributed by atoms with van der Waals surface area (Å²) in [5.41, 5.74) is 3.88. The number of anilines is 1. The van der Waals surface area contributed by atoms with Crippen LogP contribution in [0.3, 0.4) is 0 Å². The van der Waals surface area contributed by atoms with Gasteiger partial charge in [0.2, 0.25) is 0 Å². The van der Waals surface area contributed by atoms with E-state index in [2.05, 4.69) is 21.9 Å². The molecule has 10 heteroatoms. The highest BCUT2D eigenvalue weighted by Crippen LogP contribution is 2.35. The summed E-state index contributed by atoms with van der Waals surface area (Å²) in [4.78, 5) is 25.2. The number of hydrogen-bond acceptors (Lipinski definition) is 8. The third kappa shape index (κ3) is 6.88. The minimum Gasteiger partial charge on any atom is -0.485 e. The number of benzene rings is 2. The molecule has 1 aromatic heterocycles. The topological polar surface area (TPSA) is 101 Å². The molecule has 2 fully saturated rings. The Bertz CT molecular complexity index is 1390. The first-order valence-corrected chi connectivity index (χ1v) is 14.5. The number of pyridine rings is 1. The van der Waals surface area contributed by atoms with Gasteiger partial charge >= 0.3 is 5.97 Å². The highest BCUT2D eigenvalue weighted by atomic mass is 19.1. The molecule has 3 heterocycles. The van der Waals surface area contributed by atoms with Crippen LogP contribution in [0.15, 0.2) is 48.5 Å². The molecule has 3 aromatic rings. The zero-order valence-corrected chi connectivity index (χ0v) is 23.9. The fraction of sp³-hybridized carbons (Fsp3) is 0.438. The summed E-state index contributed by atoms with van der Waals surface area (Å²) < 4.78 is 35.6. The van der Waals surface area contributed by atoms with Gasteiger partial charge in [-0.1, -0.05) is 24.3 Å². The Morgan fingerprint density at radius 3 is 2.50 bits per heavy atom. The standard InChI is InChI=1S/C32H38F2N4O4/c1-21-17-24(22-7-11-37(12-8-22)15-16-39)5-6-25(21)20-41-31-27(18-26(33)19-28(31)34)29-3-2-4-30(36-29)38-13-9-23(10-14-38)32(40)42-35/h2-6,17-19,22-23,39H,7-16,20,35H2,1H3. The van der Waals surface area contributed by atoms with Gasteiger partial charge in [-0.2, -0.15) is 5.90 Å². The van der Waals surface area contributed by atoms with E-state index in [-0.39, 0.29) is 30.4 Å². The minimum atomic E-state index is -0.790. The van der Waals surface area contributed by atoms with Crippen molar-refractivity contribution >= 4 is 11.8 Å². The fourth-order valence-electron chi connectivity index (χ4n) is 6.00. The van der Waals surface area contributed by atoms with E-state index in [1.54, 1.807) is 12.1 Å². The second-order valence-electron chi connectivity index (χ2n) is 11.2. The van der Waals surface area contributed by atoms with Crippen molar-refractivity contribution in [2.24, 2.45) is 11.8 Å². The Kier molecular flexibility index (Phi) is 9.66. The van der Waals surface area contributed by atoms with Crippen LogP contribution in [0.1, 0.15) is 48.3 Å². The van der Waals surface area contributed by atoms with Crippen molar-refractivity contribution in [2.75, 3.05) is 44.2 Å². The van der Waals surface area contributed by atoms with Gasteiger partial charge in [0.25, 0.3) is 0 Å². The van der Waals surface area contributed by atoms with Crippen LogP contribution in [0.25, 0.3) is 11.3 Å². The molecule has 0 spiro atoms. The highest BCUT2D eigenvalue weighted by Gasteiger charge is 2.27. The molecule has 0 atom stereocenters. The second kappa shape index (κ2) is 13.6. The molecule has 2 aliphatic rings. The number of carbonyl (C=O) groups is 1. The number of nitrogens with two attached hydrogens (primary N) is 1. The first-order valence-electron chi connectivity index (χ1n) is 14.5. The summed E-state index contributed by atoms with van der Waals surface area (Å²) in [5, 5.41) is 9.19. The average Bonchev–Trinajstić information content (AvgIpc) is 3.01. The monoisotopic (exact) mass is 580 g/mol. The summed E-state index contributed by atoms with van der Waals surface area (Å²) >= 11 is 0. The van der Waals surface area contributed by atoms with E-state index in [1.165, 1.54) is 11.6 Å². The molecule has 2 aromatic carbocycles. The van der Waals surface area contributed by atoms with Gasteiger partial charge < -0.3 is 24.5 Å². The van der Waals surface area contributed by atoms with Crippen LogP contribution in [-0.4, -0.2) is 60.3 Å². The van der Waals surface area contributed by atoms with Crippen LogP contribution in [0.2, 0.25) is 0 Å². The van der Waals surface area contributed by atoms with Crippen molar-refractivity contribution < 1.29 is 28.3 Å². The largest absolute Gasteiger partial charge is 0.485 e. The van der Waals surface area contributed by atoms with Crippen LogP contribution in [0.4, 0.5) is 14.6 Å². The van der Waals surface area contributed by atoms with E-state index in [4.69, 9.17) is 15.6 Å². The van der Waals surface area contributed by atoms with Gasteiger partial charge in [-0.25, -0.2) is 13.8 Å². The first-order chi connectivity index (χ1) is 20.4. The Morgan fingerprint density at radius 2 is 1.81 bits per heavy atom. The molecule has 0 aliphatic carbocycles. The molecule has 3 N–H and O–H groups in total. The van der Waals surface area contributed by atoms with E-state index in [0.29, 0.717) is 43.4 Å². The number of aliphatic hydroxyl groups excluding tert-OH is 1. The SMILES string of the molecule is Cc1cc(C2CCN(CCO)CC2)ccc1COc1c(F)cc(F)cc1-c1cccc(N2CCC(C(=O)ON)CC2)n1. The van der Waals surface area contributed by atoms with Crippen molar-refractivity contribution in [3.63, 3.8) is 0 Å². The predicted octanol–water partition coefficient (Wildman–Crippen LogP) is 4.72. The summed E-state index contributed by atoms with van der Waals surface area (Å²) in [6.07, 6.45) is 3.24. The fourth-order valence-corrected chi connectivity index (χ4v) is 6.00. The van der Waals surface area contributed by atoms with Crippen molar-refractivity contribution in [1.29, 1.82) is 0 Å². The Hall–Kier alpha value is -3.60. The van der Waals surface area contributed by atoms with Crippen LogP contribution in [0, 0.1) is 24.5 Å². The number of carbonyl (C=O) groups excluding carboxylic acids is 1. The molecular weight excluding hydrogens is 542 g/mol. The molecule has 0 amide bonds. The number of aryl methyl sites for hydroxylation is 1. The number of aliphatic hydroxyl groups is 1. The Balaban J connectivity index is 1.30. The Labute approximate surface area is 245 Å². The summed E-state index contributed by atoms with van der Waals surface area (Å²) in [6.45, 7) is 6.14. The molecule has 0 bridgehead atoms. The number of nitrogens with zero attached hydrogens (tertiary/aromatic N) is 3. The average molecular weight is 581 g/mol. The number of β-amino-alcohol motifs (C(OH)–C–C–N with tert-alkyl or cyclic N) is 1. The van der Waals surface area contributed by atoms with Crippen LogP contribution in [0.5, 0.6) is 5.75 Å². The lowest BCUT2D eigenvalue weighted by Crippen LogP contribution is -2.37. The first kappa shape index (κ1) is 29.9. The third-order valence-electron chi connectivity index (χ3n) is 8.50. The minimum absolute atomic E-state index is 0.0508. The smallest absolute Gasteiger partial charge is 0.327 e. The highest BCUT2D eigenvalue weighted by molar-refractivity contribution is 5.72. The number of ether oxygens (including phenoxy) is 1. The van der Waals surface area contributed by atoms with Crippen molar-refractivity contribution in [1.82, 2.24) is 9.88 Å². The van der Waals surface area contributed by atoms with Crippen LogP contribution >= 0.6 is 0 Å². The van der Waals surface area contributed by atoms with E-state index >= 15 is 4.39 Å². The van der Waals surface area contributed by atoms with Gasteiger partial charge in [0.05, 0.1) is 18.2 Å². The molecule has 0 saturated carbocycles. The third-order valence-corrected chi connectivity index (χ3v) is 8.50. The number of aromatic nitrogens is 1. The van der Waals surface area contributed by atoms with Gasteiger partial charge in [-0.05, 0) is 86.5 Å². The zero-order chi connectivity index (χ0) is 29.6. The maximum atomic E-state index is 15.1. The van der Waals surface area contributed by atoms with Gasteiger partial charge in [0.1, 0.15) is 18.2 Å². The second-order valence-corrected chi connectivity index (χ2v) is 11.2. The van der Waals surface area contributed by atoms with Crippen LogP contribution < -0.4 is 15.5 Å². The molecule has 224 valence electrons. The molecule has 2 saturated heterocycles. The summed E-state index contributed by atoms with van der Waals surface area (Å²) in [5.74, 6) is 3.92. The zero-order valence-electron chi connectivity index (χ0n) is 23.9.